The molecule has 0 atom stereocenters. The fourth-order valence-corrected chi connectivity index (χ4v) is 2.04. The van der Waals surface area contributed by atoms with Crippen LogP contribution in [0.3, 0.4) is 0 Å². The van der Waals surface area contributed by atoms with Crippen LogP contribution < -0.4 is 0 Å². The van der Waals surface area contributed by atoms with E-state index < -0.39 is 5.97 Å². The summed E-state index contributed by atoms with van der Waals surface area (Å²) in [5, 5.41) is 17.3. The maximum Gasteiger partial charge on any atom is 0.339 e. The molecule has 8 heteroatoms. The summed E-state index contributed by atoms with van der Waals surface area (Å²) in [4.78, 5) is 18.6. The third-order valence-electron chi connectivity index (χ3n) is 2.03. The van der Waals surface area contributed by atoms with E-state index in [1.807, 2.05) is 7.05 Å². The quantitative estimate of drug-likeness (QED) is 0.795. The Balaban J connectivity index is 2.14. The van der Waals surface area contributed by atoms with E-state index in [4.69, 9.17) is 5.11 Å². The minimum Gasteiger partial charge on any atom is -0.478 e. The Morgan fingerprint density at radius 2 is 2.41 bits per heavy atom. The summed E-state index contributed by atoms with van der Waals surface area (Å²) in [6, 6.07) is 0. The first-order valence-electron chi connectivity index (χ1n) is 4.67. The molecule has 7 nitrogen and oxygen atoms in total. The molecule has 0 fully saturated rings. The lowest BCUT2D eigenvalue weighted by atomic mass is 10.2. The van der Waals surface area contributed by atoms with E-state index in [1.165, 1.54) is 24.3 Å². The van der Waals surface area contributed by atoms with E-state index in [2.05, 4.69) is 20.2 Å². The lowest BCUT2D eigenvalue weighted by molar-refractivity contribution is 0.0695. The molecule has 0 aliphatic carbocycles. The molecule has 0 saturated carbocycles. The molecule has 0 aliphatic rings. The van der Waals surface area contributed by atoms with Gasteiger partial charge >= 0.3 is 5.97 Å². The predicted octanol–water partition coefficient (Wildman–Crippen LogP) is 0.596. The van der Waals surface area contributed by atoms with Crippen molar-refractivity contribution in [3.05, 3.63) is 30.1 Å². The maximum absolute atomic E-state index is 10.9. The Kier molecular flexibility index (Phi) is 3.33. The van der Waals surface area contributed by atoms with Crippen molar-refractivity contribution < 1.29 is 9.90 Å². The first kappa shape index (κ1) is 11.5. The predicted molar refractivity (Wildman–Crippen MR) is 59.6 cm³/mol. The van der Waals surface area contributed by atoms with Crippen molar-refractivity contribution in [2.24, 2.45) is 7.05 Å². The van der Waals surface area contributed by atoms with E-state index in [9.17, 15) is 4.79 Å². The Morgan fingerprint density at radius 3 is 3.06 bits per heavy atom. The van der Waals surface area contributed by atoms with Crippen LogP contribution >= 0.6 is 11.8 Å². The van der Waals surface area contributed by atoms with Crippen LogP contribution in [0.2, 0.25) is 0 Å². The number of hydrogen-bond acceptors (Lipinski definition) is 6. The molecule has 0 radical (unpaired) electrons. The largest absolute Gasteiger partial charge is 0.478 e. The van der Waals surface area contributed by atoms with Crippen LogP contribution in [0.25, 0.3) is 0 Å². The number of carbonyl (C=O) groups is 1. The molecule has 0 unspecified atom stereocenters. The Morgan fingerprint density at radius 1 is 1.59 bits per heavy atom. The number of aryl methyl sites for hydroxylation is 1. The van der Waals surface area contributed by atoms with Crippen LogP contribution in [0.5, 0.6) is 0 Å². The first-order chi connectivity index (χ1) is 8.18. The number of hydrogen-bond donors (Lipinski definition) is 1. The van der Waals surface area contributed by atoms with Gasteiger partial charge in [-0.15, -0.1) is 10.2 Å². The van der Waals surface area contributed by atoms with Crippen molar-refractivity contribution in [3.63, 3.8) is 0 Å². The molecule has 1 N–H and O–H groups in total. The van der Waals surface area contributed by atoms with E-state index in [1.54, 1.807) is 10.9 Å². The number of rotatable bonds is 4. The van der Waals surface area contributed by atoms with Crippen molar-refractivity contribution >= 4 is 17.7 Å². The number of nitrogens with zero attached hydrogens (tertiary/aromatic N) is 5. The van der Waals surface area contributed by atoms with Crippen LogP contribution in [-0.4, -0.2) is 35.8 Å². The van der Waals surface area contributed by atoms with Gasteiger partial charge < -0.3 is 9.67 Å². The van der Waals surface area contributed by atoms with E-state index in [0.717, 1.165) is 0 Å². The highest BCUT2D eigenvalue weighted by Crippen LogP contribution is 2.20. The third kappa shape index (κ3) is 2.59. The molecule has 0 bridgehead atoms. The van der Waals surface area contributed by atoms with Gasteiger partial charge in [0.25, 0.3) is 0 Å². The Bertz CT molecular complexity index is 542. The monoisotopic (exact) mass is 251 g/mol. The lowest BCUT2D eigenvalue weighted by Gasteiger charge is -2.03. The summed E-state index contributed by atoms with van der Waals surface area (Å²) in [5.41, 5.74) is 0.586. The molecular formula is C9H9N5O2S. The summed E-state index contributed by atoms with van der Waals surface area (Å²) in [6.45, 7) is 0. The van der Waals surface area contributed by atoms with Crippen LogP contribution in [0.1, 0.15) is 16.1 Å². The molecule has 0 spiro atoms. The van der Waals surface area contributed by atoms with Crippen LogP contribution in [-0.2, 0) is 12.8 Å². The summed E-state index contributed by atoms with van der Waals surface area (Å²) < 4.78 is 1.76. The summed E-state index contributed by atoms with van der Waals surface area (Å²) in [6.07, 6.45) is 4.21. The molecular weight excluding hydrogens is 242 g/mol. The number of aromatic nitrogens is 5. The fourth-order valence-electron chi connectivity index (χ4n) is 1.18. The zero-order chi connectivity index (χ0) is 12.3. The van der Waals surface area contributed by atoms with Gasteiger partial charge in [0.05, 0.1) is 5.69 Å². The van der Waals surface area contributed by atoms with Crippen molar-refractivity contribution in [2.75, 3.05) is 0 Å². The van der Waals surface area contributed by atoms with Gasteiger partial charge in [-0.2, -0.15) is 0 Å². The van der Waals surface area contributed by atoms with Crippen LogP contribution in [0.15, 0.2) is 24.0 Å². The smallest absolute Gasteiger partial charge is 0.339 e. The van der Waals surface area contributed by atoms with Gasteiger partial charge in [0.2, 0.25) is 0 Å². The molecule has 2 rings (SSSR count). The van der Waals surface area contributed by atoms with Crippen molar-refractivity contribution in [1.82, 2.24) is 24.7 Å². The third-order valence-corrected chi connectivity index (χ3v) is 3.08. The lowest BCUT2D eigenvalue weighted by Crippen LogP contribution is -2.05. The van der Waals surface area contributed by atoms with E-state index in [0.29, 0.717) is 16.6 Å². The summed E-state index contributed by atoms with van der Waals surface area (Å²) >= 11 is 1.37. The molecule has 0 saturated heterocycles. The first-order valence-corrected chi connectivity index (χ1v) is 5.66. The number of carboxylic acid groups (broad SMARTS) is 1. The van der Waals surface area contributed by atoms with Crippen LogP contribution in [0, 0.1) is 0 Å². The van der Waals surface area contributed by atoms with E-state index in [-0.39, 0.29) is 5.56 Å². The maximum atomic E-state index is 10.9. The zero-order valence-electron chi connectivity index (χ0n) is 8.94. The molecule has 2 heterocycles. The second kappa shape index (κ2) is 4.91. The number of carboxylic acids is 1. The highest BCUT2D eigenvalue weighted by molar-refractivity contribution is 7.98. The highest BCUT2D eigenvalue weighted by atomic mass is 32.2. The summed E-state index contributed by atoms with van der Waals surface area (Å²) in [5.74, 6) is -0.615. The van der Waals surface area contributed by atoms with Crippen LogP contribution in [0.4, 0.5) is 0 Å². The van der Waals surface area contributed by atoms with Gasteiger partial charge in [0.1, 0.15) is 18.2 Å². The molecule has 17 heavy (non-hydrogen) atoms. The molecule has 2 aromatic rings. The molecule has 0 amide bonds. The fraction of sp³-hybridized carbons (Fsp3) is 0.222. The van der Waals surface area contributed by atoms with Crippen molar-refractivity contribution in [2.45, 2.75) is 10.9 Å². The second-order valence-electron chi connectivity index (χ2n) is 3.20. The highest BCUT2D eigenvalue weighted by Gasteiger charge is 2.12. The topological polar surface area (TPSA) is 93.8 Å². The minimum atomic E-state index is -1.03. The Hall–Kier alpha value is -1.96. The van der Waals surface area contributed by atoms with Gasteiger partial charge in [-0.1, -0.05) is 11.8 Å². The second-order valence-corrected chi connectivity index (χ2v) is 4.14. The molecule has 0 aromatic carbocycles. The SMILES string of the molecule is Cn1cnnc1SCc1ncncc1C(=O)O. The average Bonchev–Trinajstić information content (AvgIpc) is 2.72. The number of thioether (sulfide) groups is 1. The minimum absolute atomic E-state index is 0.113. The van der Waals surface area contributed by atoms with Gasteiger partial charge in [-0.05, 0) is 0 Å². The van der Waals surface area contributed by atoms with Gasteiger partial charge in [-0.3, -0.25) is 0 Å². The standard InChI is InChI=1S/C9H9N5O2S/c1-14-5-12-13-9(14)17-3-7-6(8(15)16)2-10-4-11-7/h2,4-5H,3H2,1H3,(H,15,16). The average molecular weight is 251 g/mol. The van der Waals surface area contributed by atoms with Gasteiger partial charge in [0, 0.05) is 19.0 Å². The van der Waals surface area contributed by atoms with E-state index >= 15 is 0 Å². The van der Waals surface area contributed by atoms with Gasteiger partial charge in [-0.25, -0.2) is 14.8 Å². The number of aromatic carboxylic acids is 1. The normalized spacial score (nSPS) is 10.4. The molecule has 0 aliphatic heterocycles. The summed E-state index contributed by atoms with van der Waals surface area (Å²) in [7, 11) is 1.82. The van der Waals surface area contributed by atoms with Crippen molar-refractivity contribution in [1.29, 1.82) is 0 Å². The van der Waals surface area contributed by atoms with Crippen molar-refractivity contribution in [3.8, 4) is 0 Å². The van der Waals surface area contributed by atoms with Gasteiger partial charge in [0.15, 0.2) is 5.16 Å². The Labute approximate surface area is 101 Å². The molecule has 88 valence electrons. The molecule has 2 aromatic heterocycles. The zero-order valence-corrected chi connectivity index (χ0v) is 9.76.